The molecule has 0 aromatic heterocycles. The normalized spacial score (nSPS) is 29.9. The lowest BCUT2D eigenvalue weighted by Crippen LogP contribution is -2.37. The van der Waals surface area contributed by atoms with E-state index < -0.39 is 29.9 Å². The molecule has 1 rings (SSSR count). The second-order valence-electron chi connectivity index (χ2n) is 3.34. The van der Waals surface area contributed by atoms with Crippen LogP contribution in [0.4, 0.5) is 0 Å². The van der Waals surface area contributed by atoms with E-state index in [-0.39, 0.29) is 0 Å². The van der Waals surface area contributed by atoms with Gasteiger partial charge in [-0.2, -0.15) is 0 Å². The van der Waals surface area contributed by atoms with E-state index in [1.54, 1.807) is 0 Å². The molecular formula is C8H12O6. The quantitative estimate of drug-likeness (QED) is 0.625. The number of ether oxygens (including phenoxy) is 3. The van der Waals surface area contributed by atoms with Crippen LogP contribution in [0.1, 0.15) is 13.8 Å². The Morgan fingerprint density at radius 1 is 1.29 bits per heavy atom. The van der Waals surface area contributed by atoms with Crippen LogP contribution in [-0.2, 0) is 23.8 Å². The average Bonchev–Trinajstić information content (AvgIpc) is 2.40. The van der Waals surface area contributed by atoms with E-state index >= 15 is 0 Å². The zero-order valence-electron chi connectivity index (χ0n) is 8.14. The van der Waals surface area contributed by atoms with Gasteiger partial charge in [-0.1, -0.05) is 0 Å². The third-order valence-electron chi connectivity index (χ3n) is 1.77. The number of carboxylic acid groups (broad SMARTS) is 1. The molecule has 0 aromatic rings. The van der Waals surface area contributed by atoms with Crippen molar-refractivity contribution in [1.29, 1.82) is 0 Å². The number of methoxy groups -OCH3 is 1. The molecule has 0 spiro atoms. The van der Waals surface area contributed by atoms with E-state index in [1.165, 1.54) is 13.8 Å². The summed E-state index contributed by atoms with van der Waals surface area (Å²) in [4.78, 5) is 21.8. The minimum Gasteiger partial charge on any atom is -0.479 e. The third-order valence-corrected chi connectivity index (χ3v) is 1.77. The van der Waals surface area contributed by atoms with Crippen molar-refractivity contribution in [3.8, 4) is 0 Å². The number of rotatable bonds is 2. The Morgan fingerprint density at radius 3 is 2.21 bits per heavy atom. The third kappa shape index (κ3) is 2.02. The molecule has 80 valence electrons. The number of hydrogen-bond acceptors (Lipinski definition) is 5. The summed E-state index contributed by atoms with van der Waals surface area (Å²) >= 11 is 0. The smallest absolute Gasteiger partial charge is 0.338 e. The average molecular weight is 204 g/mol. The van der Waals surface area contributed by atoms with Crippen LogP contribution in [0.2, 0.25) is 0 Å². The van der Waals surface area contributed by atoms with Crippen molar-refractivity contribution >= 4 is 11.9 Å². The summed E-state index contributed by atoms with van der Waals surface area (Å²) in [5.74, 6) is -3.07. The Labute approximate surface area is 80.7 Å². The molecule has 0 aromatic carbocycles. The second-order valence-corrected chi connectivity index (χ2v) is 3.34. The molecule has 2 atom stereocenters. The van der Waals surface area contributed by atoms with Gasteiger partial charge in [0, 0.05) is 0 Å². The van der Waals surface area contributed by atoms with Crippen molar-refractivity contribution in [3.63, 3.8) is 0 Å². The van der Waals surface area contributed by atoms with Crippen LogP contribution < -0.4 is 0 Å². The van der Waals surface area contributed by atoms with Gasteiger partial charge in [-0.3, -0.25) is 0 Å². The largest absolute Gasteiger partial charge is 0.479 e. The molecule has 1 aliphatic rings. The van der Waals surface area contributed by atoms with Gasteiger partial charge in [-0.25, -0.2) is 9.59 Å². The van der Waals surface area contributed by atoms with Crippen LogP contribution >= 0.6 is 0 Å². The van der Waals surface area contributed by atoms with Gasteiger partial charge in [0.25, 0.3) is 0 Å². The molecule has 0 unspecified atom stereocenters. The van der Waals surface area contributed by atoms with Crippen molar-refractivity contribution in [1.82, 2.24) is 0 Å². The molecule has 0 bridgehead atoms. The molecule has 1 aliphatic heterocycles. The second kappa shape index (κ2) is 3.55. The molecule has 14 heavy (non-hydrogen) atoms. The number of esters is 1. The first kappa shape index (κ1) is 10.9. The van der Waals surface area contributed by atoms with Crippen molar-refractivity contribution in [2.75, 3.05) is 7.11 Å². The fourth-order valence-corrected chi connectivity index (χ4v) is 1.23. The number of carbonyl (C=O) groups excluding carboxylic acids is 1. The number of carbonyl (C=O) groups is 2. The fourth-order valence-electron chi connectivity index (χ4n) is 1.23. The zero-order chi connectivity index (χ0) is 10.9. The van der Waals surface area contributed by atoms with Crippen LogP contribution in [0.15, 0.2) is 0 Å². The summed E-state index contributed by atoms with van der Waals surface area (Å²) in [5, 5.41) is 8.75. The minimum atomic E-state index is -1.31. The molecule has 0 aliphatic carbocycles. The molecule has 0 amide bonds. The first-order chi connectivity index (χ1) is 6.37. The highest BCUT2D eigenvalue weighted by Gasteiger charge is 2.49. The molecule has 1 N–H and O–H groups in total. The summed E-state index contributed by atoms with van der Waals surface area (Å²) in [6.07, 6.45) is -2.51. The molecule has 0 saturated carbocycles. The van der Waals surface area contributed by atoms with Crippen LogP contribution in [0.3, 0.4) is 0 Å². The topological polar surface area (TPSA) is 82.1 Å². The van der Waals surface area contributed by atoms with Gasteiger partial charge in [-0.15, -0.1) is 0 Å². The predicted octanol–water partition coefficient (Wildman–Crippen LogP) is -0.236. The lowest BCUT2D eigenvalue weighted by molar-refractivity contribution is -0.170. The van der Waals surface area contributed by atoms with Gasteiger partial charge in [0.1, 0.15) is 0 Å². The Balaban J connectivity index is 2.83. The van der Waals surface area contributed by atoms with Gasteiger partial charge in [-0.05, 0) is 13.8 Å². The summed E-state index contributed by atoms with van der Waals surface area (Å²) in [5.41, 5.74) is 0. The summed E-state index contributed by atoms with van der Waals surface area (Å²) in [7, 11) is 1.16. The number of hydrogen-bond donors (Lipinski definition) is 1. The molecule has 1 saturated heterocycles. The SMILES string of the molecule is COC(=O)[C@H]1OC(C)(C)O[C@H]1C(=O)O. The van der Waals surface area contributed by atoms with Crippen molar-refractivity contribution in [2.45, 2.75) is 31.8 Å². The van der Waals surface area contributed by atoms with Gasteiger partial charge in [0.15, 0.2) is 18.0 Å². The van der Waals surface area contributed by atoms with Crippen LogP contribution in [-0.4, -0.2) is 42.1 Å². The molecule has 6 heteroatoms. The Hall–Kier alpha value is -1.14. The van der Waals surface area contributed by atoms with Gasteiger partial charge >= 0.3 is 11.9 Å². The zero-order valence-corrected chi connectivity index (χ0v) is 8.14. The molecule has 1 fully saturated rings. The minimum absolute atomic E-state index is 0.747. The van der Waals surface area contributed by atoms with E-state index in [1.807, 2.05) is 0 Å². The first-order valence-electron chi connectivity index (χ1n) is 4.03. The van der Waals surface area contributed by atoms with E-state index in [9.17, 15) is 9.59 Å². The fraction of sp³-hybridized carbons (Fsp3) is 0.750. The van der Waals surface area contributed by atoms with E-state index in [0.29, 0.717) is 0 Å². The van der Waals surface area contributed by atoms with Crippen molar-refractivity contribution in [2.24, 2.45) is 0 Å². The first-order valence-corrected chi connectivity index (χ1v) is 4.03. The highest BCUT2D eigenvalue weighted by Crippen LogP contribution is 2.28. The molecular weight excluding hydrogens is 192 g/mol. The van der Waals surface area contributed by atoms with Gasteiger partial charge < -0.3 is 19.3 Å². The van der Waals surface area contributed by atoms with Crippen LogP contribution in [0, 0.1) is 0 Å². The lowest BCUT2D eigenvalue weighted by atomic mass is 10.2. The van der Waals surface area contributed by atoms with Gasteiger partial charge in [0.2, 0.25) is 0 Å². The van der Waals surface area contributed by atoms with E-state index in [2.05, 4.69) is 4.74 Å². The molecule has 6 nitrogen and oxygen atoms in total. The van der Waals surface area contributed by atoms with Crippen molar-refractivity contribution < 1.29 is 28.9 Å². The maximum atomic E-state index is 11.1. The highest BCUT2D eigenvalue weighted by molar-refractivity contribution is 5.85. The Kier molecular flexibility index (Phi) is 2.77. The summed E-state index contributed by atoms with van der Waals surface area (Å²) < 4.78 is 14.5. The van der Waals surface area contributed by atoms with Crippen LogP contribution in [0.25, 0.3) is 0 Å². The van der Waals surface area contributed by atoms with Gasteiger partial charge in [0.05, 0.1) is 7.11 Å². The van der Waals surface area contributed by atoms with E-state index in [4.69, 9.17) is 14.6 Å². The highest BCUT2D eigenvalue weighted by atomic mass is 16.8. The molecule has 1 heterocycles. The Bertz CT molecular complexity index is 259. The monoisotopic (exact) mass is 204 g/mol. The summed E-state index contributed by atoms with van der Waals surface area (Å²) in [6.45, 7) is 3.07. The Morgan fingerprint density at radius 2 is 1.79 bits per heavy atom. The molecule has 0 radical (unpaired) electrons. The number of carboxylic acids is 1. The predicted molar refractivity (Wildman–Crippen MR) is 43.5 cm³/mol. The van der Waals surface area contributed by atoms with Crippen LogP contribution in [0.5, 0.6) is 0 Å². The van der Waals surface area contributed by atoms with Crippen molar-refractivity contribution in [3.05, 3.63) is 0 Å². The summed E-state index contributed by atoms with van der Waals surface area (Å²) in [6, 6.07) is 0. The standard InChI is InChI=1S/C8H12O6/c1-8(2)13-4(6(9)10)5(14-8)7(11)12-3/h4-5H,1-3H3,(H,9,10)/t4-,5+/m1/s1. The maximum absolute atomic E-state index is 11.1. The number of aliphatic carboxylic acids is 1. The lowest BCUT2D eigenvalue weighted by Gasteiger charge is -2.15. The maximum Gasteiger partial charge on any atom is 0.338 e. The van der Waals surface area contributed by atoms with E-state index in [0.717, 1.165) is 7.11 Å².